The normalized spacial score (nSPS) is 25.7. The maximum absolute atomic E-state index is 12.1. The van der Waals surface area contributed by atoms with Crippen LogP contribution in [0.4, 0.5) is 0 Å². The zero-order chi connectivity index (χ0) is 14.0. The second-order valence-corrected chi connectivity index (χ2v) is 5.86. The quantitative estimate of drug-likeness (QED) is 0.473. The van der Waals surface area contributed by atoms with Gasteiger partial charge in [-0.25, -0.2) is 0 Å². The molecule has 1 heterocycles. The molecule has 0 aromatic heterocycles. The van der Waals surface area contributed by atoms with E-state index in [9.17, 15) is 4.79 Å². The first-order valence-corrected chi connectivity index (χ1v) is 6.57. The Morgan fingerprint density at radius 2 is 2.00 bits per heavy atom. The lowest BCUT2D eigenvalue weighted by atomic mass is 10.2. The number of carbonyl (C=O) groups is 1. The van der Waals surface area contributed by atoms with Gasteiger partial charge in [-0.3, -0.25) is 9.69 Å². The molecule has 102 valence electrons. The van der Waals surface area contributed by atoms with Gasteiger partial charge in [-0.2, -0.15) is 0 Å². The molecule has 0 spiro atoms. The number of ether oxygens (including phenoxy) is 1. The highest BCUT2D eigenvalue weighted by Gasteiger charge is 2.52. The lowest BCUT2D eigenvalue weighted by Crippen LogP contribution is -2.28. The summed E-state index contributed by atoms with van der Waals surface area (Å²) in [5.74, 6) is -0.159. The Bertz CT molecular complexity index is 461. The zero-order valence-corrected chi connectivity index (χ0v) is 11.8. The minimum Gasteiger partial charge on any atom is -0.459 e. The van der Waals surface area contributed by atoms with Crippen LogP contribution in [0.3, 0.4) is 0 Å². The van der Waals surface area contributed by atoms with E-state index in [1.807, 2.05) is 45.0 Å². The predicted octanol–water partition coefficient (Wildman–Crippen LogP) is 2.77. The Kier molecular flexibility index (Phi) is 3.76. The highest BCUT2D eigenvalue weighted by atomic mass is 16.6. The third-order valence-electron chi connectivity index (χ3n) is 3.07. The van der Waals surface area contributed by atoms with Crippen LogP contribution in [0.25, 0.3) is 0 Å². The van der Waals surface area contributed by atoms with Crippen molar-refractivity contribution in [2.45, 2.75) is 45.0 Å². The minimum absolute atomic E-state index is 0.0926. The maximum Gasteiger partial charge on any atom is 0.325 e. The van der Waals surface area contributed by atoms with E-state index in [-0.39, 0.29) is 18.1 Å². The van der Waals surface area contributed by atoms with Crippen molar-refractivity contribution in [2.75, 3.05) is 0 Å². The Hall–Kier alpha value is -1.61. The van der Waals surface area contributed by atoms with E-state index in [4.69, 9.17) is 4.74 Å². The van der Waals surface area contributed by atoms with E-state index in [0.29, 0.717) is 0 Å². The van der Waals surface area contributed by atoms with Gasteiger partial charge in [-0.15, -0.1) is 6.58 Å². The Labute approximate surface area is 114 Å². The molecule has 0 bridgehead atoms. The molecule has 0 N–H and O–H groups in total. The van der Waals surface area contributed by atoms with Crippen LogP contribution in [0, 0.1) is 0 Å². The molecule has 1 aliphatic heterocycles. The molecule has 3 nitrogen and oxygen atoms in total. The monoisotopic (exact) mass is 259 g/mol. The summed E-state index contributed by atoms with van der Waals surface area (Å²) in [4.78, 5) is 14.2. The van der Waals surface area contributed by atoms with Crippen LogP contribution in [0.5, 0.6) is 0 Å². The molecule has 2 rings (SSSR count). The van der Waals surface area contributed by atoms with Gasteiger partial charge < -0.3 is 4.74 Å². The molecule has 0 amide bonds. The van der Waals surface area contributed by atoms with Crippen LogP contribution in [-0.2, 0) is 16.1 Å². The molecule has 3 heteroatoms. The van der Waals surface area contributed by atoms with Crippen LogP contribution < -0.4 is 0 Å². The fourth-order valence-electron chi connectivity index (χ4n) is 2.20. The first-order chi connectivity index (χ1) is 8.92. The van der Waals surface area contributed by atoms with Crippen molar-refractivity contribution < 1.29 is 9.53 Å². The van der Waals surface area contributed by atoms with E-state index in [2.05, 4.69) is 23.6 Å². The first kappa shape index (κ1) is 13.8. The summed E-state index contributed by atoms with van der Waals surface area (Å²) in [6, 6.07) is 10.0. The summed E-state index contributed by atoms with van der Waals surface area (Å²) in [5.41, 5.74) is 0.754. The van der Waals surface area contributed by atoms with E-state index in [0.717, 1.165) is 6.54 Å². The van der Waals surface area contributed by atoms with E-state index in [1.54, 1.807) is 0 Å². The van der Waals surface area contributed by atoms with Gasteiger partial charge in [0, 0.05) is 6.54 Å². The molecule has 1 fully saturated rings. The summed E-state index contributed by atoms with van der Waals surface area (Å²) in [6.07, 6.45) is 1.82. The summed E-state index contributed by atoms with van der Waals surface area (Å²) < 4.78 is 5.43. The number of rotatable bonds is 4. The van der Waals surface area contributed by atoms with E-state index < -0.39 is 5.60 Å². The lowest BCUT2D eigenvalue weighted by molar-refractivity contribution is -0.155. The van der Waals surface area contributed by atoms with Gasteiger partial charge in [0.2, 0.25) is 0 Å². The molecule has 3 atom stereocenters. The molecule has 0 saturated carbocycles. The average molecular weight is 259 g/mol. The molecule has 0 radical (unpaired) electrons. The molecule has 1 aromatic rings. The molecule has 0 aliphatic carbocycles. The highest BCUT2D eigenvalue weighted by Crippen LogP contribution is 2.33. The number of esters is 1. The summed E-state index contributed by atoms with van der Waals surface area (Å²) in [5, 5.41) is 0. The fraction of sp³-hybridized carbons (Fsp3) is 0.438. The van der Waals surface area contributed by atoms with Crippen molar-refractivity contribution >= 4 is 5.97 Å². The number of nitrogens with zero attached hydrogens (tertiary/aromatic N) is 1. The second-order valence-electron chi connectivity index (χ2n) is 5.86. The van der Waals surface area contributed by atoms with Crippen molar-refractivity contribution in [3.05, 3.63) is 48.6 Å². The summed E-state index contributed by atoms with van der Waals surface area (Å²) in [7, 11) is 0. The van der Waals surface area contributed by atoms with E-state index >= 15 is 0 Å². The van der Waals surface area contributed by atoms with Gasteiger partial charge in [0.15, 0.2) is 0 Å². The summed E-state index contributed by atoms with van der Waals surface area (Å²) >= 11 is 0. The van der Waals surface area contributed by atoms with Gasteiger partial charge in [-0.05, 0) is 26.3 Å². The SMILES string of the molecule is C=C[C@H]1[C@H](C(=O)OC(C)(C)C)N1Cc1ccccc1. The molecule has 1 aromatic carbocycles. The largest absolute Gasteiger partial charge is 0.459 e. The fourth-order valence-corrected chi connectivity index (χ4v) is 2.20. The van der Waals surface area contributed by atoms with Crippen molar-refractivity contribution in [2.24, 2.45) is 0 Å². The molecular formula is C16H21NO2. The van der Waals surface area contributed by atoms with Crippen molar-refractivity contribution in [3.63, 3.8) is 0 Å². The van der Waals surface area contributed by atoms with Crippen molar-refractivity contribution in [1.29, 1.82) is 0 Å². The van der Waals surface area contributed by atoms with Crippen molar-refractivity contribution in [3.8, 4) is 0 Å². The van der Waals surface area contributed by atoms with Gasteiger partial charge in [0.05, 0.1) is 6.04 Å². The average Bonchev–Trinajstić information content (AvgIpc) is 3.01. The number of benzene rings is 1. The Morgan fingerprint density at radius 3 is 2.53 bits per heavy atom. The standard InChI is InChI=1S/C16H21NO2/c1-5-13-14(15(18)19-16(2,3)4)17(13)11-12-9-7-6-8-10-12/h5-10,13-14H,1,11H2,2-4H3/t13-,14+,17?/m0/s1. The maximum atomic E-state index is 12.1. The molecule has 1 aliphatic rings. The highest BCUT2D eigenvalue weighted by molar-refractivity contribution is 5.81. The first-order valence-electron chi connectivity index (χ1n) is 6.57. The van der Waals surface area contributed by atoms with Crippen LogP contribution in [0.15, 0.2) is 43.0 Å². The number of hydrogen-bond acceptors (Lipinski definition) is 3. The van der Waals surface area contributed by atoms with Crippen LogP contribution >= 0.6 is 0 Å². The minimum atomic E-state index is -0.441. The molecule has 19 heavy (non-hydrogen) atoms. The van der Waals surface area contributed by atoms with Gasteiger partial charge in [0.25, 0.3) is 0 Å². The third kappa shape index (κ3) is 3.44. The third-order valence-corrected chi connectivity index (χ3v) is 3.07. The van der Waals surface area contributed by atoms with Gasteiger partial charge in [-0.1, -0.05) is 36.4 Å². The predicted molar refractivity (Wildman–Crippen MR) is 75.6 cm³/mol. The Balaban J connectivity index is 1.99. The topological polar surface area (TPSA) is 29.3 Å². The van der Waals surface area contributed by atoms with Gasteiger partial charge >= 0.3 is 5.97 Å². The van der Waals surface area contributed by atoms with Crippen LogP contribution in [0.2, 0.25) is 0 Å². The van der Waals surface area contributed by atoms with Crippen molar-refractivity contribution in [1.82, 2.24) is 4.90 Å². The van der Waals surface area contributed by atoms with Crippen LogP contribution in [0.1, 0.15) is 26.3 Å². The zero-order valence-electron chi connectivity index (χ0n) is 11.8. The lowest BCUT2D eigenvalue weighted by Gasteiger charge is -2.19. The Morgan fingerprint density at radius 1 is 1.37 bits per heavy atom. The molecular weight excluding hydrogens is 238 g/mol. The second kappa shape index (κ2) is 5.17. The number of carbonyl (C=O) groups excluding carboxylic acids is 1. The summed E-state index contributed by atoms with van der Waals surface area (Å²) in [6.45, 7) is 10.2. The smallest absolute Gasteiger partial charge is 0.325 e. The molecule has 1 unspecified atom stereocenters. The number of hydrogen-bond donors (Lipinski definition) is 0. The van der Waals surface area contributed by atoms with Gasteiger partial charge in [0.1, 0.15) is 11.6 Å². The molecule has 1 saturated heterocycles. The van der Waals surface area contributed by atoms with E-state index in [1.165, 1.54) is 5.56 Å². The van der Waals surface area contributed by atoms with Crippen LogP contribution in [-0.4, -0.2) is 28.6 Å².